The Labute approximate surface area is 122 Å². The molecule has 0 saturated carbocycles. The highest BCUT2D eigenvalue weighted by Gasteiger charge is 2.41. The van der Waals surface area contributed by atoms with Crippen LogP contribution in [0.1, 0.15) is 26.2 Å². The highest BCUT2D eigenvalue weighted by molar-refractivity contribution is 6.32. The number of fused-ring (bicyclic) bond motifs is 2. The number of rotatable bonds is 3. The number of benzene rings is 1. The van der Waals surface area contributed by atoms with Gasteiger partial charge in [-0.2, -0.15) is 0 Å². The number of nitro groups is 1. The number of nitrogens with zero attached hydrogens (tertiary/aromatic N) is 1. The zero-order valence-electron chi connectivity index (χ0n) is 11.2. The molecule has 2 aliphatic heterocycles. The Kier molecular flexibility index (Phi) is 3.56. The standard InChI is InChI=1S/C14H17ClN2O3/c1-8-6-9-2-4-13(14(8)16-9)20-12-5-3-10(17(18)19)7-11(12)15/h3,5,7-9,13-14,16H,2,4,6H2,1H3/t8?,9?,13-,14?/m1/s1. The lowest BCUT2D eigenvalue weighted by Gasteiger charge is -2.32. The topological polar surface area (TPSA) is 64.4 Å². The second-order valence-corrected chi connectivity index (χ2v) is 6.12. The van der Waals surface area contributed by atoms with Gasteiger partial charge in [0.15, 0.2) is 0 Å². The molecule has 20 heavy (non-hydrogen) atoms. The number of nitrogens with one attached hydrogen (secondary N) is 1. The Hall–Kier alpha value is -1.33. The monoisotopic (exact) mass is 296 g/mol. The third-order valence-electron chi connectivity index (χ3n) is 4.30. The maximum atomic E-state index is 10.7. The largest absolute Gasteiger partial charge is 0.487 e. The minimum Gasteiger partial charge on any atom is -0.487 e. The van der Waals surface area contributed by atoms with Gasteiger partial charge in [-0.15, -0.1) is 0 Å². The summed E-state index contributed by atoms with van der Waals surface area (Å²) in [6, 6.07) is 5.32. The highest BCUT2D eigenvalue weighted by atomic mass is 35.5. The molecule has 0 aliphatic carbocycles. The first kappa shape index (κ1) is 13.6. The van der Waals surface area contributed by atoms with Crippen molar-refractivity contribution in [3.05, 3.63) is 33.3 Å². The Morgan fingerprint density at radius 3 is 2.95 bits per heavy atom. The average molecular weight is 297 g/mol. The second-order valence-electron chi connectivity index (χ2n) is 5.71. The van der Waals surface area contributed by atoms with Crippen molar-refractivity contribution in [2.45, 2.75) is 44.4 Å². The lowest BCUT2D eigenvalue weighted by molar-refractivity contribution is -0.384. The van der Waals surface area contributed by atoms with Crippen LogP contribution >= 0.6 is 11.6 Å². The van der Waals surface area contributed by atoms with Gasteiger partial charge in [0.1, 0.15) is 11.9 Å². The third-order valence-corrected chi connectivity index (χ3v) is 4.60. The summed E-state index contributed by atoms with van der Waals surface area (Å²) in [7, 11) is 0. The lowest BCUT2D eigenvalue weighted by atomic mass is 9.97. The third kappa shape index (κ3) is 2.47. The zero-order valence-corrected chi connectivity index (χ0v) is 12.0. The molecule has 0 amide bonds. The molecule has 0 radical (unpaired) electrons. The molecular weight excluding hydrogens is 280 g/mol. The molecule has 1 N–H and O–H groups in total. The second kappa shape index (κ2) is 5.22. The van der Waals surface area contributed by atoms with Gasteiger partial charge in [0.2, 0.25) is 0 Å². The highest BCUT2D eigenvalue weighted by Crippen LogP contribution is 2.36. The Balaban J connectivity index is 1.76. The number of non-ortho nitro benzene ring substituents is 1. The quantitative estimate of drug-likeness (QED) is 0.687. The first-order valence-electron chi connectivity index (χ1n) is 6.91. The van der Waals surface area contributed by atoms with Gasteiger partial charge in [-0.25, -0.2) is 0 Å². The Bertz CT molecular complexity index is 537. The molecule has 0 spiro atoms. The van der Waals surface area contributed by atoms with E-state index in [-0.39, 0.29) is 11.8 Å². The SMILES string of the molecule is CC1CC2CC[C@@H](Oc3ccc([N+](=O)[O-])cc3Cl)C1N2. The number of nitro benzene ring substituents is 1. The Morgan fingerprint density at radius 1 is 1.45 bits per heavy atom. The van der Waals surface area contributed by atoms with Gasteiger partial charge in [0.05, 0.1) is 9.95 Å². The molecule has 2 saturated heterocycles. The van der Waals surface area contributed by atoms with E-state index >= 15 is 0 Å². The maximum Gasteiger partial charge on any atom is 0.271 e. The predicted molar refractivity (Wildman–Crippen MR) is 76.2 cm³/mol. The molecule has 2 aliphatic rings. The molecule has 6 heteroatoms. The number of hydrogen-bond acceptors (Lipinski definition) is 4. The van der Waals surface area contributed by atoms with Crippen molar-refractivity contribution in [2.24, 2.45) is 5.92 Å². The van der Waals surface area contributed by atoms with E-state index in [1.807, 2.05) is 0 Å². The van der Waals surface area contributed by atoms with E-state index in [2.05, 4.69) is 12.2 Å². The minimum atomic E-state index is -0.457. The fourth-order valence-corrected chi connectivity index (χ4v) is 3.53. The van der Waals surface area contributed by atoms with Gasteiger partial charge >= 0.3 is 0 Å². The molecule has 5 nitrogen and oxygen atoms in total. The van der Waals surface area contributed by atoms with Crippen LogP contribution in [0.4, 0.5) is 5.69 Å². The van der Waals surface area contributed by atoms with Crippen LogP contribution in [0.15, 0.2) is 18.2 Å². The molecule has 3 unspecified atom stereocenters. The van der Waals surface area contributed by atoms with Crippen molar-refractivity contribution in [3.8, 4) is 5.75 Å². The van der Waals surface area contributed by atoms with E-state index in [0.29, 0.717) is 28.8 Å². The molecule has 3 rings (SSSR count). The van der Waals surface area contributed by atoms with Crippen LogP contribution in [-0.2, 0) is 0 Å². The fraction of sp³-hybridized carbons (Fsp3) is 0.571. The lowest BCUT2D eigenvalue weighted by Crippen LogP contribution is -2.48. The molecule has 2 fully saturated rings. The van der Waals surface area contributed by atoms with E-state index in [4.69, 9.17) is 16.3 Å². The van der Waals surface area contributed by atoms with Crippen LogP contribution in [-0.4, -0.2) is 23.1 Å². The van der Waals surface area contributed by atoms with Gasteiger partial charge in [-0.3, -0.25) is 10.1 Å². The van der Waals surface area contributed by atoms with Crippen LogP contribution in [0.25, 0.3) is 0 Å². The molecular formula is C14H17ClN2O3. The van der Waals surface area contributed by atoms with Crippen LogP contribution < -0.4 is 10.1 Å². The molecule has 1 aromatic rings. The first-order chi connectivity index (χ1) is 9.54. The molecule has 1 aromatic carbocycles. The zero-order chi connectivity index (χ0) is 14.3. The average Bonchev–Trinajstić information content (AvgIpc) is 2.71. The summed E-state index contributed by atoms with van der Waals surface area (Å²) in [5.41, 5.74) is -0.0154. The van der Waals surface area contributed by atoms with Crippen molar-refractivity contribution in [1.29, 1.82) is 0 Å². The predicted octanol–water partition coefficient (Wildman–Crippen LogP) is 3.16. The maximum absolute atomic E-state index is 10.7. The molecule has 2 heterocycles. The summed E-state index contributed by atoms with van der Waals surface area (Å²) in [5, 5.41) is 14.6. The molecule has 0 aromatic heterocycles. The van der Waals surface area contributed by atoms with E-state index < -0.39 is 4.92 Å². The number of hydrogen-bond donors (Lipinski definition) is 1. The first-order valence-corrected chi connectivity index (χ1v) is 7.29. The summed E-state index contributed by atoms with van der Waals surface area (Å²) < 4.78 is 6.00. The summed E-state index contributed by atoms with van der Waals surface area (Å²) in [4.78, 5) is 10.2. The van der Waals surface area contributed by atoms with Gasteiger partial charge in [-0.05, 0) is 31.2 Å². The number of halogens is 1. The number of piperidine rings is 1. The molecule has 4 atom stereocenters. The van der Waals surface area contributed by atoms with Gasteiger partial charge in [-0.1, -0.05) is 18.5 Å². The smallest absolute Gasteiger partial charge is 0.271 e. The fourth-order valence-electron chi connectivity index (χ4n) is 3.31. The van der Waals surface area contributed by atoms with Crippen LogP contribution in [0.3, 0.4) is 0 Å². The van der Waals surface area contributed by atoms with Crippen LogP contribution in [0.5, 0.6) is 5.75 Å². The van der Waals surface area contributed by atoms with Crippen molar-refractivity contribution in [3.63, 3.8) is 0 Å². The van der Waals surface area contributed by atoms with E-state index in [1.165, 1.54) is 18.6 Å². The van der Waals surface area contributed by atoms with Crippen molar-refractivity contribution in [2.75, 3.05) is 0 Å². The van der Waals surface area contributed by atoms with Crippen molar-refractivity contribution in [1.82, 2.24) is 5.32 Å². The Morgan fingerprint density at radius 2 is 2.25 bits per heavy atom. The normalized spacial score (nSPS) is 32.1. The van der Waals surface area contributed by atoms with E-state index in [1.54, 1.807) is 6.07 Å². The van der Waals surface area contributed by atoms with E-state index in [9.17, 15) is 10.1 Å². The summed E-state index contributed by atoms with van der Waals surface area (Å²) in [6.45, 7) is 2.23. The number of ether oxygens (including phenoxy) is 1. The van der Waals surface area contributed by atoms with E-state index in [0.717, 1.165) is 12.8 Å². The molecule has 2 bridgehead atoms. The summed E-state index contributed by atoms with van der Waals surface area (Å²) >= 11 is 6.08. The summed E-state index contributed by atoms with van der Waals surface area (Å²) in [6.07, 6.45) is 3.39. The summed E-state index contributed by atoms with van der Waals surface area (Å²) in [5.74, 6) is 1.12. The molecule has 108 valence electrons. The van der Waals surface area contributed by atoms with Crippen LogP contribution in [0, 0.1) is 16.0 Å². The van der Waals surface area contributed by atoms with Crippen LogP contribution in [0.2, 0.25) is 5.02 Å². The minimum absolute atomic E-state index is 0.0154. The van der Waals surface area contributed by atoms with Gasteiger partial charge < -0.3 is 10.1 Å². The van der Waals surface area contributed by atoms with Crippen molar-refractivity contribution < 1.29 is 9.66 Å². The van der Waals surface area contributed by atoms with Gasteiger partial charge in [0, 0.05) is 24.2 Å². The van der Waals surface area contributed by atoms with Gasteiger partial charge in [0.25, 0.3) is 5.69 Å². The van der Waals surface area contributed by atoms with Crippen molar-refractivity contribution >= 4 is 17.3 Å².